The number of benzene rings is 1. The first kappa shape index (κ1) is 12.3. The van der Waals surface area contributed by atoms with Crippen molar-refractivity contribution in [3.63, 3.8) is 0 Å². The van der Waals surface area contributed by atoms with E-state index in [1.165, 1.54) is 23.9 Å². The Bertz CT molecular complexity index is 321. The fourth-order valence-corrected chi connectivity index (χ4v) is 2.02. The SMILES string of the molecule is C=C(C)CC(O)CSc1ccc(F)cc1. The molecule has 0 saturated heterocycles. The van der Waals surface area contributed by atoms with E-state index >= 15 is 0 Å². The molecule has 1 unspecified atom stereocenters. The topological polar surface area (TPSA) is 20.2 Å². The fraction of sp³-hybridized carbons (Fsp3) is 0.333. The van der Waals surface area contributed by atoms with E-state index in [9.17, 15) is 9.50 Å². The van der Waals surface area contributed by atoms with E-state index < -0.39 is 0 Å². The smallest absolute Gasteiger partial charge is 0.123 e. The lowest BCUT2D eigenvalue weighted by molar-refractivity contribution is 0.200. The van der Waals surface area contributed by atoms with Crippen LogP contribution < -0.4 is 0 Å². The number of aliphatic hydroxyl groups is 1. The van der Waals surface area contributed by atoms with E-state index in [1.54, 1.807) is 12.1 Å². The van der Waals surface area contributed by atoms with E-state index in [-0.39, 0.29) is 11.9 Å². The van der Waals surface area contributed by atoms with Crippen LogP contribution in [0.2, 0.25) is 0 Å². The van der Waals surface area contributed by atoms with Crippen molar-refractivity contribution in [1.29, 1.82) is 0 Å². The number of halogens is 1. The zero-order chi connectivity index (χ0) is 11.3. The molecule has 1 aromatic carbocycles. The predicted molar refractivity (Wildman–Crippen MR) is 62.6 cm³/mol. The summed E-state index contributed by atoms with van der Waals surface area (Å²) in [6, 6.07) is 6.28. The number of hydrogen-bond acceptors (Lipinski definition) is 2. The summed E-state index contributed by atoms with van der Waals surface area (Å²) in [7, 11) is 0. The average Bonchev–Trinajstić information content (AvgIpc) is 2.16. The quantitative estimate of drug-likeness (QED) is 0.614. The van der Waals surface area contributed by atoms with Crippen molar-refractivity contribution in [1.82, 2.24) is 0 Å². The highest BCUT2D eigenvalue weighted by Crippen LogP contribution is 2.20. The molecule has 0 aliphatic carbocycles. The summed E-state index contributed by atoms with van der Waals surface area (Å²) in [6.07, 6.45) is 0.242. The maximum atomic E-state index is 12.6. The normalized spacial score (nSPS) is 12.5. The first-order valence-electron chi connectivity index (χ1n) is 4.78. The molecular formula is C12H15FOS. The van der Waals surface area contributed by atoms with Gasteiger partial charge in [-0.05, 0) is 37.6 Å². The first-order chi connectivity index (χ1) is 7.08. The molecule has 0 spiro atoms. The Morgan fingerprint density at radius 1 is 1.47 bits per heavy atom. The Balaban J connectivity index is 2.36. The van der Waals surface area contributed by atoms with Crippen LogP contribution in [0.4, 0.5) is 4.39 Å². The third-order valence-corrected chi connectivity index (χ3v) is 3.00. The summed E-state index contributed by atoms with van der Waals surface area (Å²) in [5.41, 5.74) is 0.974. The van der Waals surface area contributed by atoms with Crippen LogP contribution in [-0.4, -0.2) is 17.0 Å². The van der Waals surface area contributed by atoms with Gasteiger partial charge in [0.25, 0.3) is 0 Å². The first-order valence-corrected chi connectivity index (χ1v) is 5.77. The molecule has 15 heavy (non-hydrogen) atoms. The lowest BCUT2D eigenvalue weighted by Gasteiger charge is -2.09. The molecule has 1 nitrogen and oxygen atoms in total. The van der Waals surface area contributed by atoms with Crippen molar-refractivity contribution < 1.29 is 9.50 Å². The minimum Gasteiger partial charge on any atom is -0.392 e. The fourth-order valence-electron chi connectivity index (χ4n) is 1.18. The highest BCUT2D eigenvalue weighted by Gasteiger charge is 2.05. The summed E-state index contributed by atoms with van der Waals surface area (Å²) >= 11 is 1.52. The lowest BCUT2D eigenvalue weighted by atomic mass is 10.2. The van der Waals surface area contributed by atoms with Crippen LogP contribution in [0.25, 0.3) is 0 Å². The van der Waals surface area contributed by atoms with Gasteiger partial charge in [-0.3, -0.25) is 0 Å². The van der Waals surface area contributed by atoms with Crippen LogP contribution in [0.15, 0.2) is 41.3 Å². The molecule has 1 N–H and O–H groups in total. The molecule has 3 heteroatoms. The molecular weight excluding hydrogens is 211 g/mol. The van der Waals surface area contributed by atoms with Gasteiger partial charge in [0.1, 0.15) is 5.82 Å². The second-order valence-electron chi connectivity index (χ2n) is 3.58. The highest BCUT2D eigenvalue weighted by atomic mass is 32.2. The summed E-state index contributed by atoms with van der Waals surface area (Å²) < 4.78 is 12.6. The van der Waals surface area contributed by atoms with Crippen molar-refractivity contribution in [2.45, 2.75) is 24.3 Å². The molecule has 0 bridgehead atoms. The van der Waals surface area contributed by atoms with E-state index in [1.807, 2.05) is 6.92 Å². The molecule has 1 rings (SSSR count). The third kappa shape index (κ3) is 5.00. The van der Waals surface area contributed by atoms with Crippen molar-refractivity contribution in [2.24, 2.45) is 0 Å². The minimum atomic E-state index is -0.377. The minimum absolute atomic E-state index is 0.234. The van der Waals surface area contributed by atoms with Gasteiger partial charge in [-0.2, -0.15) is 0 Å². The predicted octanol–water partition coefficient (Wildman–Crippen LogP) is 3.24. The molecule has 0 aliphatic heterocycles. The van der Waals surface area contributed by atoms with Gasteiger partial charge >= 0.3 is 0 Å². The summed E-state index contributed by atoms with van der Waals surface area (Å²) in [6.45, 7) is 5.64. The molecule has 0 amide bonds. The standard InChI is InChI=1S/C12H15FOS/c1-9(2)7-11(14)8-15-12-5-3-10(13)4-6-12/h3-6,11,14H,1,7-8H2,2H3. The Hall–Kier alpha value is -0.800. The van der Waals surface area contributed by atoms with Crippen LogP contribution in [0.5, 0.6) is 0 Å². The van der Waals surface area contributed by atoms with E-state index in [2.05, 4.69) is 6.58 Å². The Kier molecular flexibility index (Phi) is 4.85. The van der Waals surface area contributed by atoms with E-state index in [0.717, 1.165) is 10.5 Å². The van der Waals surface area contributed by atoms with Crippen LogP contribution in [0, 0.1) is 5.82 Å². The monoisotopic (exact) mass is 226 g/mol. The molecule has 0 saturated carbocycles. The van der Waals surface area contributed by atoms with Gasteiger partial charge in [-0.25, -0.2) is 4.39 Å². The molecule has 1 atom stereocenters. The Morgan fingerprint density at radius 3 is 2.60 bits per heavy atom. The number of rotatable bonds is 5. The van der Waals surface area contributed by atoms with Crippen molar-refractivity contribution >= 4 is 11.8 Å². The molecule has 0 radical (unpaired) electrons. The van der Waals surface area contributed by atoms with Gasteiger partial charge in [0.05, 0.1) is 6.10 Å². The lowest BCUT2D eigenvalue weighted by Crippen LogP contribution is -2.09. The third-order valence-electron chi connectivity index (χ3n) is 1.84. The molecule has 0 aliphatic rings. The van der Waals surface area contributed by atoms with Gasteiger partial charge in [0.2, 0.25) is 0 Å². The number of thioether (sulfide) groups is 1. The molecule has 1 aromatic rings. The second kappa shape index (κ2) is 5.93. The zero-order valence-electron chi connectivity index (χ0n) is 8.74. The van der Waals surface area contributed by atoms with Gasteiger partial charge in [-0.15, -0.1) is 18.3 Å². The molecule has 0 heterocycles. The van der Waals surface area contributed by atoms with Crippen LogP contribution in [0.3, 0.4) is 0 Å². The highest BCUT2D eigenvalue weighted by molar-refractivity contribution is 7.99. The van der Waals surface area contributed by atoms with Crippen LogP contribution in [0.1, 0.15) is 13.3 Å². The maximum Gasteiger partial charge on any atom is 0.123 e. The van der Waals surface area contributed by atoms with Crippen molar-refractivity contribution in [2.75, 3.05) is 5.75 Å². The largest absolute Gasteiger partial charge is 0.392 e. The molecule has 0 fully saturated rings. The van der Waals surface area contributed by atoms with Gasteiger partial charge < -0.3 is 5.11 Å². The summed E-state index contributed by atoms with van der Waals surface area (Å²) in [5, 5.41) is 9.58. The summed E-state index contributed by atoms with van der Waals surface area (Å²) in [4.78, 5) is 0.970. The Morgan fingerprint density at radius 2 is 2.07 bits per heavy atom. The van der Waals surface area contributed by atoms with Gasteiger partial charge in [0.15, 0.2) is 0 Å². The van der Waals surface area contributed by atoms with E-state index in [4.69, 9.17) is 0 Å². The number of hydrogen-bond donors (Lipinski definition) is 1. The van der Waals surface area contributed by atoms with Crippen molar-refractivity contribution in [3.05, 3.63) is 42.2 Å². The number of aliphatic hydroxyl groups excluding tert-OH is 1. The Labute approximate surface area is 94.0 Å². The summed E-state index contributed by atoms with van der Waals surface area (Å²) in [5.74, 6) is 0.375. The average molecular weight is 226 g/mol. The van der Waals surface area contributed by atoms with Gasteiger partial charge in [0, 0.05) is 10.6 Å². The van der Waals surface area contributed by atoms with Gasteiger partial charge in [-0.1, -0.05) is 5.57 Å². The second-order valence-corrected chi connectivity index (χ2v) is 4.67. The molecule has 0 aromatic heterocycles. The molecule has 82 valence electrons. The van der Waals surface area contributed by atoms with Crippen molar-refractivity contribution in [3.8, 4) is 0 Å². The zero-order valence-corrected chi connectivity index (χ0v) is 9.56. The van der Waals surface area contributed by atoms with Crippen LogP contribution in [-0.2, 0) is 0 Å². The maximum absolute atomic E-state index is 12.6. The van der Waals surface area contributed by atoms with Crippen LogP contribution >= 0.6 is 11.8 Å². The van der Waals surface area contributed by atoms with E-state index in [0.29, 0.717) is 12.2 Å².